The van der Waals surface area contributed by atoms with Crippen molar-refractivity contribution in [2.75, 3.05) is 0 Å². The normalized spacial score (nSPS) is 9.62. The lowest BCUT2D eigenvalue weighted by atomic mass is 10.0. The van der Waals surface area contributed by atoms with Crippen molar-refractivity contribution in [3.63, 3.8) is 0 Å². The van der Waals surface area contributed by atoms with E-state index in [2.05, 4.69) is 22.0 Å². The first-order chi connectivity index (χ1) is 6.16. The molecule has 0 atom stereocenters. The second-order valence-corrected chi connectivity index (χ2v) is 3.63. The third-order valence-corrected chi connectivity index (χ3v) is 2.99. The number of halogens is 1. The molecular formula is C10H10BrNO. The minimum absolute atomic E-state index is 0.248. The fraction of sp³-hybridized carbons (Fsp3) is 0.300. The Labute approximate surface area is 85.9 Å². The highest BCUT2D eigenvalue weighted by Crippen LogP contribution is 2.29. The summed E-state index contributed by atoms with van der Waals surface area (Å²) in [6, 6.07) is 5.60. The topological polar surface area (TPSA) is 44.0 Å². The van der Waals surface area contributed by atoms with Gasteiger partial charge >= 0.3 is 0 Å². The molecule has 0 aliphatic heterocycles. The van der Waals surface area contributed by atoms with Gasteiger partial charge in [0.2, 0.25) is 0 Å². The predicted molar refractivity (Wildman–Crippen MR) is 54.5 cm³/mol. The van der Waals surface area contributed by atoms with Crippen molar-refractivity contribution in [2.45, 2.75) is 19.8 Å². The molecule has 0 unspecified atom stereocenters. The van der Waals surface area contributed by atoms with Crippen molar-refractivity contribution >= 4 is 15.9 Å². The van der Waals surface area contributed by atoms with Gasteiger partial charge in [0.1, 0.15) is 5.75 Å². The van der Waals surface area contributed by atoms with Crippen molar-refractivity contribution in [1.82, 2.24) is 0 Å². The molecule has 3 heteroatoms. The molecule has 0 heterocycles. The molecular weight excluding hydrogens is 230 g/mol. The molecule has 0 aromatic heterocycles. The van der Waals surface area contributed by atoms with Gasteiger partial charge in [-0.3, -0.25) is 0 Å². The summed E-state index contributed by atoms with van der Waals surface area (Å²) >= 11 is 3.29. The zero-order valence-corrected chi connectivity index (χ0v) is 8.93. The summed E-state index contributed by atoms with van der Waals surface area (Å²) in [5.74, 6) is 0.248. The lowest BCUT2D eigenvalue weighted by Crippen LogP contribution is -1.89. The minimum atomic E-state index is 0.248. The van der Waals surface area contributed by atoms with Gasteiger partial charge in [-0.2, -0.15) is 5.26 Å². The maximum atomic E-state index is 9.34. The van der Waals surface area contributed by atoms with Crippen LogP contribution in [-0.4, -0.2) is 5.11 Å². The summed E-state index contributed by atoms with van der Waals surface area (Å²) in [5.41, 5.74) is 2.11. The lowest BCUT2D eigenvalue weighted by molar-refractivity contribution is 0.471. The number of nitriles is 1. The molecule has 13 heavy (non-hydrogen) atoms. The number of phenols is 1. The summed E-state index contributed by atoms with van der Waals surface area (Å²) in [6.45, 7) is 1.93. The fourth-order valence-corrected chi connectivity index (χ4v) is 1.56. The molecule has 0 spiro atoms. The van der Waals surface area contributed by atoms with Gasteiger partial charge in [0.05, 0.1) is 10.5 Å². The molecule has 0 fully saturated rings. The zero-order chi connectivity index (χ0) is 9.84. The average molecular weight is 240 g/mol. The van der Waals surface area contributed by atoms with Crippen molar-refractivity contribution < 1.29 is 5.11 Å². The fourth-order valence-electron chi connectivity index (χ4n) is 1.17. The van der Waals surface area contributed by atoms with Crippen LogP contribution in [0.1, 0.15) is 17.5 Å². The molecule has 0 aliphatic rings. The van der Waals surface area contributed by atoms with Crippen LogP contribution in [0.4, 0.5) is 0 Å². The van der Waals surface area contributed by atoms with Crippen molar-refractivity contribution in [3.05, 3.63) is 27.7 Å². The van der Waals surface area contributed by atoms with Crippen LogP contribution in [0.25, 0.3) is 0 Å². The van der Waals surface area contributed by atoms with Crippen LogP contribution >= 0.6 is 15.9 Å². The molecule has 1 rings (SSSR count). The summed E-state index contributed by atoms with van der Waals surface area (Å²) in [6.07, 6.45) is 1.25. The predicted octanol–water partition coefficient (Wildman–Crippen LogP) is 2.92. The first-order valence-corrected chi connectivity index (χ1v) is 4.80. The van der Waals surface area contributed by atoms with Gasteiger partial charge in [0, 0.05) is 6.42 Å². The number of rotatable bonds is 2. The summed E-state index contributed by atoms with van der Waals surface area (Å²) in [5, 5.41) is 17.8. The summed E-state index contributed by atoms with van der Waals surface area (Å²) in [7, 11) is 0. The molecule has 68 valence electrons. The molecule has 1 aromatic rings. The number of hydrogen-bond donors (Lipinski definition) is 1. The van der Waals surface area contributed by atoms with Gasteiger partial charge in [-0.1, -0.05) is 6.07 Å². The lowest BCUT2D eigenvalue weighted by Gasteiger charge is -2.06. The largest absolute Gasteiger partial charge is 0.507 e. The zero-order valence-electron chi connectivity index (χ0n) is 7.34. The van der Waals surface area contributed by atoms with Gasteiger partial charge in [0.15, 0.2) is 0 Å². The van der Waals surface area contributed by atoms with E-state index in [1.807, 2.05) is 13.0 Å². The van der Waals surface area contributed by atoms with E-state index in [1.54, 1.807) is 6.07 Å². The van der Waals surface area contributed by atoms with E-state index in [1.165, 1.54) is 0 Å². The second kappa shape index (κ2) is 4.29. The second-order valence-electron chi connectivity index (χ2n) is 2.84. The summed E-state index contributed by atoms with van der Waals surface area (Å²) < 4.78 is 0.725. The van der Waals surface area contributed by atoms with Crippen molar-refractivity contribution in [2.24, 2.45) is 0 Å². The molecule has 2 nitrogen and oxygen atoms in total. The number of phenolic OH excluding ortho intramolecular Hbond substituents is 1. The Bertz CT molecular complexity index is 355. The Morgan fingerprint density at radius 1 is 1.54 bits per heavy atom. The molecule has 0 radical (unpaired) electrons. The quantitative estimate of drug-likeness (QED) is 0.863. The molecule has 1 aromatic carbocycles. The number of benzene rings is 1. The van der Waals surface area contributed by atoms with E-state index in [0.717, 1.165) is 22.0 Å². The molecule has 1 N–H and O–H groups in total. The van der Waals surface area contributed by atoms with E-state index in [-0.39, 0.29) is 5.75 Å². The Balaban J connectivity index is 2.98. The Morgan fingerprint density at radius 3 is 2.85 bits per heavy atom. The standard InChI is InChI=1S/C10H10BrNO/c1-7-8(3-2-6-12)4-5-9(13)10(7)11/h4-5,13H,2-3H2,1H3. The van der Waals surface area contributed by atoms with Crippen LogP contribution in [0.5, 0.6) is 5.75 Å². The monoisotopic (exact) mass is 239 g/mol. The summed E-state index contributed by atoms with van der Waals surface area (Å²) in [4.78, 5) is 0. The third kappa shape index (κ3) is 2.22. The van der Waals surface area contributed by atoms with Crippen LogP contribution < -0.4 is 0 Å². The number of nitrogens with zero attached hydrogens (tertiary/aromatic N) is 1. The van der Waals surface area contributed by atoms with E-state index >= 15 is 0 Å². The van der Waals surface area contributed by atoms with Crippen LogP contribution in [-0.2, 0) is 6.42 Å². The molecule has 0 saturated heterocycles. The van der Waals surface area contributed by atoms with E-state index in [4.69, 9.17) is 5.26 Å². The van der Waals surface area contributed by atoms with E-state index in [0.29, 0.717) is 6.42 Å². The third-order valence-electron chi connectivity index (χ3n) is 1.98. The van der Waals surface area contributed by atoms with Gasteiger partial charge in [0.25, 0.3) is 0 Å². The highest BCUT2D eigenvalue weighted by molar-refractivity contribution is 9.10. The van der Waals surface area contributed by atoms with Gasteiger partial charge in [-0.15, -0.1) is 0 Å². The first kappa shape index (κ1) is 10.1. The maximum Gasteiger partial charge on any atom is 0.130 e. The Kier molecular flexibility index (Phi) is 3.32. The van der Waals surface area contributed by atoms with Crippen molar-refractivity contribution in [3.8, 4) is 11.8 Å². The van der Waals surface area contributed by atoms with Crippen LogP contribution in [0.3, 0.4) is 0 Å². The van der Waals surface area contributed by atoms with Gasteiger partial charge in [-0.25, -0.2) is 0 Å². The van der Waals surface area contributed by atoms with E-state index < -0.39 is 0 Å². The maximum absolute atomic E-state index is 9.34. The number of hydrogen-bond acceptors (Lipinski definition) is 2. The minimum Gasteiger partial charge on any atom is -0.507 e. The number of aromatic hydroxyl groups is 1. The SMILES string of the molecule is Cc1c(CCC#N)ccc(O)c1Br. The molecule has 0 amide bonds. The van der Waals surface area contributed by atoms with Crippen LogP contribution in [0, 0.1) is 18.3 Å². The molecule has 0 aliphatic carbocycles. The van der Waals surface area contributed by atoms with Gasteiger partial charge in [-0.05, 0) is 46.5 Å². The number of aryl methyl sites for hydroxylation is 1. The molecule has 0 saturated carbocycles. The van der Waals surface area contributed by atoms with Crippen LogP contribution in [0.15, 0.2) is 16.6 Å². The smallest absolute Gasteiger partial charge is 0.130 e. The Hall–Kier alpha value is -1.01. The van der Waals surface area contributed by atoms with Crippen LogP contribution in [0.2, 0.25) is 0 Å². The first-order valence-electron chi connectivity index (χ1n) is 4.00. The highest BCUT2D eigenvalue weighted by atomic mass is 79.9. The molecule has 0 bridgehead atoms. The van der Waals surface area contributed by atoms with Gasteiger partial charge < -0.3 is 5.11 Å². The Morgan fingerprint density at radius 2 is 2.23 bits per heavy atom. The highest BCUT2D eigenvalue weighted by Gasteiger charge is 2.05. The van der Waals surface area contributed by atoms with Crippen molar-refractivity contribution in [1.29, 1.82) is 5.26 Å². The average Bonchev–Trinajstić information content (AvgIpc) is 2.13. The van der Waals surface area contributed by atoms with E-state index in [9.17, 15) is 5.11 Å².